The lowest BCUT2D eigenvalue weighted by Gasteiger charge is -2.32. The van der Waals surface area contributed by atoms with Crippen LogP contribution in [0.1, 0.15) is 68.0 Å². The fourth-order valence-electron chi connectivity index (χ4n) is 5.36. The molecule has 3 aromatic rings. The zero-order valence-electron chi connectivity index (χ0n) is 19.1. The van der Waals surface area contributed by atoms with Crippen molar-refractivity contribution in [2.24, 2.45) is 0 Å². The van der Waals surface area contributed by atoms with Crippen LogP contribution < -0.4 is 10.6 Å². The molecular formula is C27H33N5S. The van der Waals surface area contributed by atoms with E-state index < -0.39 is 0 Å². The number of anilines is 1. The first-order valence-electron chi connectivity index (χ1n) is 12.2. The number of aromatic nitrogens is 2. The minimum Gasteiger partial charge on any atom is -0.385 e. The second-order valence-corrected chi connectivity index (χ2v) is 9.49. The van der Waals surface area contributed by atoms with Crippen molar-refractivity contribution in [1.82, 2.24) is 19.8 Å². The third kappa shape index (κ3) is 4.91. The zero-order chi connectivity index (χ0) is 22.5. The second kappa shape index (κ2) is 10.4. The first-order valence-corrected chi connectivity index (χ1v) is 12.7. The Morgan fingerprint density at radius 2 is 1.79 bits per heavy atom. The van der Waals surface area contributed by atoms with Crippen molar-refractivity contribution in [2.75, 3.05) is 18.4 Å². The Hall–Kier alpha value is -2.86. The molecule has 1 aliphatic heterocycles. The summed E-state index contributed by atoms with van der Waals surface area (Å²) in [5.74, 6) is 0. The molecule has 3 heterocycles. The highest BCUT2D eigenvalue weighted by Gasteiger charge is 2.41. The predicted molar refractivity (Wildman–Crippen MR) is 138 cm³/mol. The van der Waals surface area contributed by atoms with Crippen molar-refractivity contribution < 1.29 is 0 Å². The summed E-state index contributed by atoms with van der Waals surface area (Å²) >= 11 is 5.87. The number of nitrogens with one attached hydrogen (secondary N) is 2. The van der Waals surface area contributed by atoms with Crippen LogP contribution in [-0.2, 0) is 0 Å². The van der Waals surface area contributed by atoms with E-state index in [9.17, 15) is 0 Å². The van der Waals surface area contributed by atoms with Crippen molar-refractivity contribution in [1.29, 1.82) is 0 Å². The number of thiocarbonyl (C=S) groups is 1. The van der Waals surface area contributed by atoms with Gasteiger partial charge in [-0.1, -0.05) is 43.5 Å². The lowest BCUT2D eigenvalue weighted by atomic mass is 9.94. The summed E-state index contributed by atoms with van der Waals surface area (Å²) in [6, 6.07) is 21.8. The molecule has 1 saturated carbocycles. The maximum absolute atomic E-state index is 5.87. The van der Waals surface area contributed by atoms with Gasteiger partial charge in [0.1, 0.15) is 0 Å². The fourth-order valence-corrected chi connectivity index (χ4v) is 5.69. The average Bonchev–Trinajstić information content (AvgIpc) is 3.48. The van der Waals surface area contributed by atoms with Crippen LogP contribution in [0.3, 0.4) is 0 Å². The van der Waals surface area contributed by atoms with Gasteiger partial charge < -0.3 is 20.1 Å². The fraction of sp³-hybridized carbons (Fsp3) is 0.407. The van der Waals surface area contributed by atoms with Gasteiger partial charge in [0.05, 0.1) is 17.8 Å². The summed E-state index contributed by atoms with van der Waals surface area (Å²) in [7, 11) is 0. The monoisotopic (exact) mass is 459 g/mol. The number of nitrogens with zero attached hydrogens (tertiary/aromatic N) is 3. The number of hydrogen-bond donors (Lipinski definition) is 2. The molecule has 2 aromatic heterocycles. The van der Waals surface area contributed by atoms with Crippen LogP contribution in [0.4, 0.5) is 5.69 Å². The van der Waals surface area contributed by atoms with Crippen LogP contribution in [0.25, 0.3) is 0 Å². The Balaban J connectivity index is 1.37. The predicted octanol–water partition coefficient (Wildman–Crippen LogP) is 5.86. The minimum absolute atomic E-state index is 0.0537. The summed E-state index contributed by atoms with van der Waals surface area (Å²) in [6.07, 6.45) is 11.7. The molecule has 1 aromatic carbocycles. The molecule has 0 spiro atoms. The maximum atomic E-state index is 5.87. The van der Waals surface area contributed by atoms with Crippen LogP contribution in [-0.4, -0.2) is 32.7 Å². The highest BCUT2D eigenvalue weighted by molar-refractivity contribution is 7.80. The van der Waals surface area contributed by atoms with Crippen LogP contribution in [0.5, 0.6) is 0 Å². The molecule has 5 rings (SSSR count). The van der Waals surface area contributed by atoms with Crippen molar-refractivity contribution in [3.8, 4) is 0 Å². The van der Waals surface area contributed by atoms with Crippen LogP contribution in [0.2, 0.25) is 0 Å². The summed E-state index contributed by atoms with van der Waals surface area (Å²) in [6.45, 7) is 1.81. The molecule has 1 saturated heterocycles. The normalized spacial score (nSPS) is 21.2. The third-order valence-electron chi connectivity index (χ3n) is 6.96. The van der Waals surface area contributed by atoms with E-state index in [1.807, 2.05) is 18.3 Å². The Morgan fingerprint density at radius 1 is 0.970 bits per heavy atom. The maximum Gasteiger partial charge on any atom is 0.170 e. The summed E-state index contributed by atoms with van der Waals surface area (Å²) in [5.41, 5.74) is 3.56. The standard InChI is InChI=1S/C27H33N5S/c33-27-30-25(23-15-7-8-17-29-23)26(24-16-9-19-31(24)22-13-5-2-6-14-22)32(27)20-10-18-28-21-11-3-1-4-12-21/h1,3-4,7-9,11-12,15-17,19,22,25-26,28H,2,5-6,10,13-14,18,20H2,(H,30,33)/t25-,26-/m0/s1. The van der Waals surface area contributed by atoms with Crippen molar-refractivity contribution in [3.05, 3.63) is 84.4 Å². The Bertz CT molecular complexity index is 1030. The smallest absolute Gasteiger partial charge is 0.170 e. The molecule has 2 aliphatic rings. The van der Waals surface area contributed by atoms with Gasteiger partial charge >= 0.3 is 0 Å². The first kappa shape index (κ1) is 22.0. The number of rotatable bonds is 8. The van der Waals surface area contributed by atoms with Gasteiger partial charge in [0.25, 0.3) is 0 Å². The lowest BCUT2D eigenvalue weighted by Crippen LogP contribution is -2.33. The second-order valence-electron chi connectivity index (χ2n) is 9.10. The molecule has 0 radical (unpaired) electrons. The SMILES string of the molecule is S=C1N[C@@H](c2ccccn2)[C@H](c2cccn2C2CCCCC2)N1CCCNc1ccccc1. The third-order valence-corrected chi connectivity index (χ3v) is 7.31. The summed E-state index contributed by atoms with van der Waals surface area (Å²) in [5, 5.41) is 7.97. The molecule has 0 bridgehead atoms. The molecule has 2 fully saturated rings. The van der Waals surface area contributed by atoms with E-state index in [-0.39, 0.29) is 12.1 Å². The Kier molecular flexibility index (Phi) is 6.91. The summed E-state index contributed by atoms with van der Waals surface area (Å²) in [4.78, 5) is 7.08. The van der Waals surface area contributed by atoms with Gasteiger partial charge in [0.15, 0.2) is 5.11 Å². The van der Waals surface area contributed by atoms with E-state index in [4.69, 9.17) is 17.2 Å². The van der Waals surface area contributed by atoms with Crippen LogP contribution in [0.15, 0.2) is 73.1 Å². The highest BCUT2D eigenvalue weighted by Crippen LogP contribution is 2.41. The molecule has 0 unspecified atom stereocenters. The van der Waals surface area contributed by atoms with Gasteiger partial charge in [-0.25, -0.2) is 0 Å². The van der Waals surface area contributed by atoms with Gasteiger partial charge in [0.2, 0.25) is 0 Å². The van der Waals surface area contributed by atoms with Crippen molar-refractivity contribution in [3.63, 3.8) is 0 Å². The number of para-hydroxylation sites is 1. The molecule has 1 aliphatic carbocycles. The molecular weight excluding hydrogens is 426 g/mol. The summed E-state index contributed by atoms with van der Waals surface area (Å²) < 4.78 is 2.53. The highest BCUT2D eigenvalue weighted by atomic mass is 32.1. The van der Waals surface area contributed by atoms with Crippen molar-refractivity contribution in [2.45, 2.75) is 56.7 Å². The molecule has 6 heteroatoms. The largest absolute Gasteiger partial charge is 0.385 e. The average molecular weight is 460 g/mol. The quantitative estimate of drug-likeness (QED) is 0.326. The van der Waals surface area contributed by atoms with Crippen LogP contribution in [0, 0.1) is 0 Å². The van der Waals surface area contributed by atoms with E-state index in [1.54, 1.807) is 0 Å². The van der Waals surface area contributed by atoms with Gasteiger partial charge in [-0.2, -0.15) is 0 Å². The molecule has 172 valence electrons. The van der Waals surface area contributed by atoms with Crippen LogP contribution >= 0.6 is 12.2 Å². The molecule has 2 atom stereocenters. The molecule has 33 heavy (non-hydrogen) atoms. The van der Waals surface area contributed by atoms with Gasteiger partial charge in [-0.15, -0.1) is 0 Å². The van der Waals surface area contributed by atoms with Crippen molar-refractivity contribution >= 4 is 23.0 Å². The topological polar surface area (TPSA) is 45.1 Å². The Labute approximate surface area is 202 Å². The van der Waals surface area contributed by atoms with Gasteiger partial charge in [-0.05, 0) is 67.9 Å². The minimum atomic E-state index is 0.0537. The lowest BCUT2D eigenvalue weighted by molar-refractivity contribution is 0.279. The number of hydrogen-bond acceptors (Lipinski definition) is 3. The number of benzene rings is 1. The van der Waals surface area contributed by atoms with E-state index in [2.05, 4.69) is 74.8 Å². The van der Waals surface area contributed by atoms with Gasteiger partial charge in [-0.3, -0.25) is 4.98 Å². The number of pyridine rings is 1. The van der Waals surface area contributed by atoms with E-state index >= 15 is 0 Å². The van der Waals surface area contributed by atoms with E-state index in [0.717, 1.165) is 36.0 Å². The van der Waals surface area contributed by atoms with E-state index in [1.165, 1.54) is 37.8 Å². The first-order chi connectivity index (χ1) is 16.3. The zero-order valence-corrected chi connectivity index (χ0v) is 19.9. The molecule has 5 nitrogen and oxygen atoms in total. The van der Waals surface area contributed by atoms with Gasteiger partial charge in [0, 0.05) is 42.9 Å². The molecule has 0 amide bonds. The molecule has 2 N–H and O–H groups in total. The van der Waals surface area contributed by atoms with E-state index in [0.29, 0.717) is 6.04 Å². The Morgan fingerprint density at radius 3 is 2.58 bits per heavy atom.